The third-order valence-corrected chi connectivity index (χ3v) is 4.19. The Bertz CT molecular complexity index is 1170. The number of hydrogen-bond acceptors (Lipinski definition) is 5. The monoisotopic (exact) mass is 425 g/mol. The molecule has 0 radical (unpaired) electrons. The number of nitrogens with one attached hydrogen (secondary N) is 2. The molecule has 1 amide bonds. The zero-order chi connectivity index (χ0) is 21.8. The quantitative estimate of drug-likeness (QED) is 0.473. The van der Waals surface area contributed by atoms with Crippen LogP contribution in [0.15, 0.2) is 73.1 Å². The lowest BCUT2D eigenvalue weighted by Gasteiger charge is -2.07. The number of amides is 1. The van der Waals surface area contributed by atoms with Gasteiger partial charge in [0, 0.05) is 17.3 Å². The number of benzene rings is 2. The number of carbonyl (C=O) groups is 1. The number of hydrogen-bond donors (Lipinski definition) is 2. The summed E-state index contributed by atoms with van der Waals surface area (Å²) in [5.41, 5.74) is -0.0779. The van der Waals surface area contributed by atoms with Crippen molar-refractivity contribution < 1.29 is 22.7 Å². The Morgan fingerprint density at radius 2 is 1.68 bits per heavy atom. The van der Waals surface area contributed by atoms with Gasteiger partial charge >= 0.3 is 6.18 Å². The lowest BCUT2D eigenvalue weighted by atomic mass is 10.1. The van der Waals surface area contributed by atoms with Crippen LogP contribution in [0.3, 0.4) is 0 Å². The highest BCUT2D eigenvalue weighted by molar-refractivity contribution is 6.03. The highest BCUT2D eigenvalue weighted by Crippen LogP contribution is 2.29. The molecular formula is C21H14F3N5O2. The largest absolute Gasteiger partial charge is 0.456 e. The van der Waals surface area contributed by atoms with Gasteiger partial charge in [-0.05, 0) is 60.7 Å². The smallest absolute Gasteiger partial charge is 0.416 e. The van der Waals surface area contributed by atoms with Crippen LogP contribution in [0.2, 0.25) is 0 Å². The van der Waals surface area contributed by atoms with Crippen LogP contribution >= 0.6 is 0 Å². The zero-order valence-electron chi connectivity index (χ0n) is 15.7. The summed E-state index contributed by atoms with van der Waals surface area (Å²) in [5.74, 6) is 1.05. The van der Waals surface area contributed by atoms with Crippen LogP contribution in [-0.4, -0.2) is 26.1 Å². The Morgan fingerprint density at radius 3 is 2.32 bits per heavy atom. The number of halogens is 3. The molecule has 31 heavy (non-hydrogen) atoms. The maximum absolute atomic E-state index is 12.6. The standard InChI is InChI=1S/C21H14F3N5O2/c22-21(23,24)15-7-3-14(4-8-15)19(30)27-20-26-18(28-29-20)13-5-9-16(10-6-13)31-17-2-1-11-25-12-17/h1-12H,(H2,26,27,28,29,30). The van der Waals surface area contributed by atoms with Gasteiger partial charge in [0.15, 0.2) is 5.82 Å². The van der Waals surface area contributed by atoms with E-state index < -0.39 is 17.6 Å². The first-order valence-electron chi connectivity index (χ1n) is 8.98. The molecule has 156 valence electrons. The average Bonchev–Trinajstić information content (AvgIpc) is 3.23. The Hall–Kier alpha value is -4.21. The van der Waals surface area contributed by atoms with E-state index in [0.29, 0.717) is 22.9 Å². The summed E-state index contributed by atoms with van der Waals surface area (Å²) < 4.78 is 43.6. The summed E-state index contributed by atoms with van der Waals surface area (Å²) in [4.78, 5) is 19.1. The summed E-state index contributed by atoms with van der Waals surface area (Å²) in [6.07, 6.45) is -1.23. The minimum atomic E-state index is -4.46. The third kappa shape index (κ3) is 4.86. The number of anilines is 1. The van der Waals surface area contributed by atoms with Crippen LogP contribution in [0.1, 0.15) is 15.9 Å². The second-order valence-corrected chi connectivity index (χ2v) is 6.37. The summed E-state index contributed by atoms with van der Waals surface area (Å²) in [7, 11) is 0. The lowest BCUT2D eigenvalue weighted by molar-refractivity contribution is -0.137. The topological polar surface area (TPSA) is 92.8 Å². The van der Waals surface area contributed by atoms with Crippen LogP contribution in [0, 0.1) is 0 Å². The molecule has 0 fully saturated rings. The molecule has 4 rings (SSSR count). The van der Waals surface area contributed by atoms with Gasteiger partial charge in [0.25, 0.3) is 5.91 Å². The van der Waals surface area contributed by atoms with E-state index in [1.54, 1.807) is 48.8 Å². The van der Waals surface area contributed by atoms with Gasteiger partial charge in [-0.25, -0.2) is 0 Å². The third-order valence-electron chi connectivity index (χ3n) is 4.19. The summed E-state index contributed by atoms with van der Waals surface area (Å²) in [6, 6.07) is 14.4. The fraction of sp³-hybridized carbons (Fsp3) is 0.0476. The Kier molecular flexibility index (Phi) is 5.35. The molecule has 0 aliphatic rings. The van der Waals surface area contributed by atoms with E-state index in [4.69, 9.17) is 4.74 Å². The van der Waals surface area contributed by atoms with Crippen molar-refractivity contribution in [3.8, 4) is 22.9 Å². The highest BCUT2D eigenvalue weighted by atomic mass is 19.4. The molecule has 10 heteroatoms. The van der Waals surface area contributed by atoms with Gasteiger partial charge in [0.2, 0.25) is 5.95 Å². The van der Waals surface area contributed by atoms with E-state index in [9.17, 15) is 18.0 Å². The normalized spacial score (nSPS) is 11.2. The summed E-state index contributed by atoms with van der Waals surface area (Å²) in [6.45, 7) is 0. The number of aromatic nitrogens is 4. The molecule has 0 saturated carbocycles. The van der Waals surface area contributed by atoms with Gasteiger partial charge in [-0.3, -0.25) is 15.1 Å². The molecule has 0 atom stereocenters. The number of nitrogens with zero attached hydrogens (tertiary/aromatic N) is 3. The molecule has 2 aromatic heterocycles. The number of carbonyl (C=O) groups excluding carboxylic acids is 1. The number of pyridine rings is 1. The number of ether oxygens (including phenoxy) is 1. The molecule has 0 aliphatic heterocycles. The average molecular weight is 425 g/mol. The van der Waals surface area contributed by atoms with Crippen molar-refractivity contribution in [3.63, 3.8) is 0 Å². The number of H-pyrrole nitrogens is 1. The highest BCUT2D eigenvalue weighted by Gasteiger charge is 2.30. The van der Waals surface area contributed by atoms with E-state index in [0.717, 1.165) is 24.3 Å². The van der Waals surface area contributed by atoms with E-state index in [1.165, 1.54) is 0 Å². The van der Waals surface area contributed by atoms with E-state index in [-0.39, 0.29) is 11.5 Å². The van der Waals surface area contributed by atoms with Gasteiger partial charge in [0.1, 0.15) is 11.5 Å². The van der Waals surface area contributed by atoms with Crippen LogP contribution in [0.4, 0.5) is 19.1 Å². The second kappa shape index (κ2) is 8.27. The first-order chi connectivity index (χ1) is 14.9. The van der Waals surface area contributed by atoms with Crippen LogP contribution in [0.5, 0.6) is 11.5 Å². The molecule has 0 bridgehead atoms. The van der Waals surface area contributed by atoms with E-state index in [2.05, 4.69) is 25.5 Å². The molecule has 2 N–H and O–H groups in total. The zero-order valence-corrected chi connectivity index (χ0v) is 15.7. The van der Waals surface area contributed by atoms with E-state index >= 15 is 0 Å². The maximum Gasteiger partial charge on any atom is 0.416 e. The molecule has 0 spiro atoms. The molecule has 0 unspecified atom stereocenters. The van der Waals surface area contributed by atoms with Crippen molar-refractivity contribution in [3.05, 3.63) is 84.2 Å². The van der Waals surface area contributed by atoms with Crippen molar-refractivity contribution in [1.82, 2.24) is 20.2 Å². The predicted octanol–water partition coefficient (Wildman–Crippen LogP) is 4.93. The number of alkyl halides is 3. The molecule has 2 aromatic carbocycles. The van der Waals surface area contributed by atoms with Crippen molar-refractivity contribution in [2.75, 3.05) is 5.32 Å². The first-order valence-corrected chi connectivity index (χ1v) is 8.98. The number of aromatic amines is 1. The minimum Gasteiger partial charge on any atom is -0.456 e. The van der Waals surface area contributed by atoms with Crippen molar-refractivity contribution in [2.24, 2.45) is 0 Å². The van der Waals surface area contributed by atoms with Gasteiger partial charge in [-0.1, -0.05) is 0 Å². The molecule has 0 aliphatic carbocycles. The predicted molar refractivity (Wildman–Crippen MR) is 106 cm³/mol. The van der Waals surface area contributed by atoms with Gasteiger partial charge in [0.05, 0.1) is 11.8 Å². The van der Waals surface area contributed by atoms with Gasteiger partial charge < -0.3 is 9.72 Å². The van der Waals surface area contributed by atoms with Crippen LogP contribution < -0.4 is 10.1 Å². The fourth-order valence-corrected chi connectivity index (χ4v) is 2.66. The van der Waals surface area contributed by atoms with Gasteiger partial charge in [-0.15, -0.1) is 10.2 Å². The Labute approximate surface area is 173 Å². The molecule has 0 saturated heterocycles. The van der Waals surface area contributed by atoms with Crippen LogP contribution in [0.25, 0.3) is 11.4 Å². The molecule has 2 heterocycles. The lowest BCUT2D eigenvalue weighted by Crippen LogP contribution is -2.13. The van der Waals surface area contributed by atoms with E-state index in [1.807, 2.05) is 0 Å². The minimum absolute atomic E-state index is 0.0582. The number of rotatable bonds is 5. The van der Waals surface area contributed by atoms with Crippen LogP contribution in [-0.2, 0) is 6.18 Å². The fourth-order valence-electron chi connectivity index (χ4n) is 2.66. The van der Waals surface area contributed by atoms with Crippen molar-refractivity contribution in [2.45, 2.75) is 6.18 Å². The van der Waals surface area contributed by atoms with Crippen molar-refractivity contribution in [1.29, 1.82) is 0 Å². The Morgan fingerprint density at radius 1 is 0.935 bits per heavy atom. The maximum atomic E-state index is 12.6. The SMILES string of the molecule is O=C(Nc1nnc(-c2ccc(Oc3cccnc3)cc2)[nH]1)c1ccc(C(F)(F)F)cc1. The Balaban J connectivity index is 1.41. The summed E-state index contributed by atoms with van der Waals surface area (Å²) in [5, 5.41) is 10.3. The first kappa shape index (κ1) is 20.1. The van der Waals surface area contributed by atoms with Crippen molar-refractivity contribution >= 4 is 11.9 Å². The molecule has 4 aromatic rings. The molecule has 7 nitrogen and oxygen atoms in total. The van der Waals surface area contributed by atoms with Gasteiger partial charge in [-0.2, -0.15) is 13.2 Å². The summed E-state index contributed by atoms with van der Waals surface area (Å²) >= 11 is 0. The molecular weight excluding hydrogens is 411 g/mol. The second-order valence-electron chi connectivity index (χ2n) is 6.37.